The van der Waals surface area contributed by atoms with Gasteiger partial charge in [0.05, 0.1) is 16.5 Å². The molecule has 21 heavy (non-hydrogen) atoms. The van der Waals surface area contributed by atoms with Gasteiger partial charge in [-0.3, -0.25) is 4.72 Å². The van der Waals surface area contributed by atoms with Crippen molar-refractivity contribution in [3.8, 4) is 6.07 Å². The first-order valence-electron chi connectivity index (χ1n) is 6.31. The van der Waals surface area contributed by atoms with Crippen LogP contribution in [0.5, 0.6) is 0 Å². The van der Waals surface area contributed by atoms with Crippen molar-refractivity contribution in [1.82, 2.24) is 0 Å². The zero-order valence-corrected chi connectivity index (χ0v) is 12.3. The Hall–Kier alpha value is -2.36. The first-order valence-corrected chi connectivity index (χ1v) is 7.79. The number of hydrogen-bond donors (Lipinski definition) is 2. The van der Waals surface area contributed by atoms with E-state index in [-0.39, 0.29) is 10.9 Å². The van der Waals surface area contributed by atoms with Crippen molar-refractivity contribution in [2.45, 2.75) is 17.9 Å². The third kappa shape index (κ3) is 3.60. The Morgan fingerprint density at radius 2 is 1.86 bits per heavy atom. The Balaban J connectivity index is 2.29. The largest absolute Gasteiger partial charge is 0.324 e. The Bertz CT molecular complexity index is 775. The topological polar surface area (TPSA) is 96.0 Å². The predicted molar refractivity (Wildman–Crippen MR) is 81.0 cm³/mol. The molecule has 0 amide bonds. The number of nitrogens with one attached hydrogen (secondary N) is 1. The second kappa shape index (κ2) is 5.95. The van der Waals surface area contributed by atoms with Crippen molar-refractivity contribution in [3.63, 3.8) is 0 Å². The van der Waals surface area contributed by atoms with Gasteiger partial charge in [0.25, 0.3) is 10.0 Å². The van der Waals surface area contributed by atoms with Crippen LogP contribution in [0, 0.1) is 11.3 Å². The maximum Gasteiger partial charge on any atom is 0.261 e. The Morgan fingerprint density at radius 3 is 2.43 bits per heavy atom. The average Bonchev–Trinajstić information content (AvgIpc) is 2.48. The van der Waals surface area contributed by atoms with Crippen molar-refractivity contribution >= 4 is 15.7 Å². The van der Waals surface area contributed by atoms with Gasteiger partial charge < -0.3 is 5.73 Å². The van der Waals surface area contributed by atoms with Crippen LogP contribution >= 0.6 is 0 Å². The van der Waals surface area contributed by atoms with Gasteiger partial charge in [-0.05, 0) is 48.9 Å². The van der Waals surface area contributed by atoms with E-state index in [9.17, 15) is 8.42 Å². The second-order valence-electron chi connectivity index (χ2n) is 4.66. The van der Waals surface area contributed by atoms with Crippen LogP contribution in [0.25, 0.3) is 0 Å². The number of nitrogens with two attached hydrogens (primary N) is 1. The molecular weight excluding hydrogens is 286 g/mol. The molecule has 0 aromatic heterocycles. The molecule has 2 aromatic rings. The highest BCUT2D eigenvalue weighted by atomic mass is 32.2. The molecule has 108 valence electrons. The minimum Gasteiger partial charge on any atom is -0.324 e. The first kappa shape index (κ1) is 15.0. The van der Waals surface area contributed by atoms with Crippen LogP contribution in [-0.4, -0.2) is 8.42 Å². The lowest BCUT2D eigenvalue weighted by molar-refractivity contribution is 0.601. The number of benzene rings is 2. The van der Waals surface area contributed by atoms with Crippen molar-refractivity contribution in [1.29, 1.82) is 5.26 Å². The summed E-state index contributed by atoms with van der Waals surface area (Å²) in [7, 11) is -3.68. The monoisotopic (exact) mass is 301 g/mol. The third-order valence-electron chi connectivity index (χ3n) is 2.96. The fourth-order valence-electron chi connectivity index (χ4n) is 1.79. The SMILES string of the molecule is CC(N)c1cccc(S(=O)(=O)Nc2ccc(C#N)cc2)c1. The van der Waals surface area contributed by atoms with Crippen LogP contribution in [0.1, 0.15) is 24.1 Å². The fraction of sp³-hybridized carbons (Fsp3) is 0.133. The summed E-state index contributed by atoms with van der Waals surface area (Å²) in [6.45, 7) is 1.79. The summed E-state index contributed by atoms with van der Waals surface area (Å²) in [6.07, 6.45) is 0. The van der Waals surface area contributed by atoms with Gasteiger partial charge in [0.2, 0.25) is 0 Å². The van der Waals surface area contributed by atoms with Gasteiger partial charge in [0.1, 0.15) is 0 Å². The van der Waals surface area contributed by atoms with Gasteiger partial charge in [-0.15, -0.1) is 0 Å². The van der Waals surface area contributed by atoms with Gasteiger partial charge in [-0.1, -0.05) is 12.1 Å². The van der Waals surface area contributed by atoms with E-state index in [0.717, 1.165) is 5.56 Å². The highest BCUT2D eigenvalue weighted by Gasteiger charge is 2.15. The standard InChI is InChI=1S/C15H15N3O2S/c1-11(17)13-3-2-4-15(9-13)21(19,20)18-14-7-5-12(10-16)6-8-14/h2-9,11,18H,17H2,1H3. The maximum absolute atomic E-state index is 12.3. The Labute approximate surface area is 124 Å². The fourth-order valence-corrected chi connectivity index (χ4v) is 2.91. The zero-order chi connectivity index (χ0) is 15.5. The molecule has 5 nitrogen and oxygen atoms in total. The molecule has 1 atom stereocenters. The Kier molecular flexibility index (Phi) is 4.26. The molecule has 0 radical (unpaired) electrons. The summed E-state index contributed by atoms with van der Waals surface area (Å²) in [5.41, 5.74) is 7.38. The summed E-state index contributed by atoms with van der Waals surface area (Å²) < 4.78 is 27.1. The number of nitrogens with zero attached hydrogens (tertiary/aromatic N) is 1. The van der Waals surface area contributed by atoms with Gasteiger partial charge in [-0.2, -0.15) is 5.26 Å². The van der Waals surface area contributed by atoms with Gasteiger partial charge in [0, 0.05) is 11.7 Å². The number of sulfonamides is 1. The van der Waals surface area contributed by atoms with Gasteiger partial charge in [0.15, 0.2) is 0 Å². The van der Waals surface area contributed by atoms with E-state index in [0.29, 0.717) is 11.3 Å². The quantitative estimate of drug-likeness (QED) is 0.906. The molecule has 0 aliphatic carbocycles. The van der Waals surface area contributed by atoms with Crippen molar-refractivity contribution in [2.75, 3.05) is 4.72 Å². The summed E-state index contributed by atoms with van der Waals surface area (Å²) in [5.74, 6) is 0. The molecule has 1 unspecified atom stereocenters. The summed E-state index contributed by atoms with van der Waals surface area (Å²) in [5, 5.41) is 8.72. The van der Waals surface area contributed by atoms with Crippen molar-refractivity contribution in [2.24, 2.45) is 5.73 Å². The Morgan fingerprint density at radius 1 is 1.19 bits per heavy atom. The van der Waals surface area contributed by atoms with E-state index in [1.807, 2.05) is 6.07 Å². The molecular formula is C15H15N3O2S. The summed E-state index contributed by atoms with van der Waals surface area (Å²) >= 11 is 0. The van der Waals surface area contributed by atoms with Gasteiger partial charge in [-0.25, -0.2) is 8.42 Å². The van der Waals surface area contributed by atoms with Crippen LogP contribution in [-0.2, 0) is 10.0 Å². The lowest BCUT2D eigenvalue weighted by Gasteiger charge is -2.11. The van der Waals surface area contributed by atoms with E-state index in [4.69, 9.17) is 11.0 Å². The zero-order valence-electron chi connectivity index (χ0n) is 11.4. The molecule has 3 N–H and O–H groups in total. The van der Waals surface area contributed by atoms with E-state index < -0.39 is 10.0 Å². The summed E-state index contributed by atoms with van der Waals surface area (Å²) in [4.78, 5) is 0.154. The normalized spacial score (nSPS) is 12.4. The third-order valence-corrected chi connectivity index (χ3v) is 4.34. The minimum absolute atomic E-state index is 0.154. The molecule has 2 rings (SSSR count). The summed E-state index contributed by atoms with van der Waals surface area (Å²) in [6, 6.07) is 14.4. The van der Waals surface area contributed by atoms with Crippen molar-refractivity contribution < 1.29 is 8.42 Å². The molecule has 0 aliphatic rings. The van der Waals surface area contributed by atoms with E-state index in [1.54, 1.807) is 49.4 Å². The minimum atomic E-state index is -3.68. The molecule has 0 saturated heterocycles. The number of rotatable bonds is 4. The van der Waals surface area contributed by atoms with E-state index in [1.165, 1.54) is 6.07 Å². The molecule has 0 spiro atoms. The number of nitriles is 1. The lowest BCUT2D eigenvalue weighted by atomic mass is 10.1. The highest BCUT2D eigenvalue weighted by Crippen LogP contribution is 2.19. The average molecular weight is 301 g/mol. The molecule has 0 aliphatic heterocycles. The van der Waals surface area contributed by atoms with E-state index >= 15 is 0 Å². The molecule has 0 bridgehead atoms. The molecule has 0 saturated carbocycles. The maximum atomic E-state index is 12.3. The van der Waals surface area contributed by atoms with Crippen LogP contribution in [0.2, 0.25) is 0 Å². The molecule has 2 aromatic carbocycles. The number of hydrogen-bond acceptors (Lipinski definition) is 4. The van der Waals surface area contributed by atoms with Crippen LogP contribution in [0.3, 0.4) is 0 Å². The smallest absolute Gasteiger partial charge is 0.261 e. The highest BCUT2D eigenvalue weighted by molar-refractivity contribution is 7.92. The number of anilines is 1. The van der Waals surface area contributed by atoms with Crippen molar-refractivity contribution in [3.05, 3.63) is 59.7 Å². The van der Waals surface area contributed by atoms with Crippen LogP contribution < -0.4 is 10.5 Å². The predicted octanol–water partition coefficient (Wildman–Crippen LogP) is 2.38. The first-order chi connectivity index (χ1) is 9.92. The van der Waals surface area contributed by atoms with Gasteiger partial charge >= 0.3 is 0 Å². The van der Waals surface area contributed by atoms with Crippen LogP contribution in [0.4, 0.5) is 5.69 Å². The van der Waals surface area contributed by atoms with Crippen LogP contribution in [0.15, 0.2) is 53.4 Å². The molecule has 0 heterocycles. The molecule has 0 fully saturated rings. The second-order valence-corrected chi connectivity index (χ2v) is 6.34. The lowest BCUT2D eigenvalue weighted by Crippen LogP contribution is -2.14. The van der Waals surface area contributed by atoms with E-state index in [2.05, 4.69) is 4.72 Å². The molecule has 6 heteroatoms.